The summed E-state index contributed by atoms with van der Waals surface area (Å²) in [5.74, 6) is -2.05. The molecule has 2 aromatic rings. The van der Waals surface area contributed by atoms with Gasteiger partial charge >= 0.3 is 12.1 Å². The standard InChI is InChI=1S/C9H4F3NO3/c10-9(11,12)4-1-2-6-5(3-4)7(8(14)15)16-13-6/h1-3H,(H,14,15). The van der Waals surface area contributed by atoms with Crippen LogP contribution in [0.1, 0.15) is 16.1 Å². The van der Waals surface area contributed by atoms with Crippen LogP contribution in [0.4, 0.5) is 13.2 Å². The molecule has 0 unspecified atom stereocenters. The molecule has 0 radical (unpaired) electrons. The number of carboxylic acids is 1. The number of carboxylic acid groups (broad SMARTS) is 1. The summed E-state index contributed by atoms with van der Waals surface area (Å²) >= 11 is 0. The molecule has 0 bridgehead atoms. The van der Waals surface area contributed by atoms with Crippen molar-refractivity contribution in [3.8, 4) is 0 Å². The van der Waals surface area contributed by atoms with Gasteiger partial charge in [-0.3, -0.25) is 0 Å². The molecule has 0 amide bonds. The minimum Gasteiger partial charge on any atom is -0.475 e. The predicted octanol–water partition coefficient (Wildman–Crippen LogP) is 2.54. The van der Waals surface area contributed by atoms with E-state index in [-0.39, 0.29) is 10.9 Å². The molecule has 0 fully saturated rings. The summed E-state index contributed by atoms with van der Waals surface area (Å²) in [6.45, 7) is 0. The molecule has 0 saturated carbocycles. The van der Waals surface area contributed by atoms with Gasteiger partial charge in [-0.05, 0) is 18.2 Å². The zero-order valence-corrected chi connectivity index (χ0v) is 7.58. The van der Waals surface area contributed by atoms with E-state index in [0.717, 1.165) is 12.1 Å². The molecule has 0 aliphatic carbocycles. The summed E-state index contributed by atoms with van der Waals surface area (Å²) in [5, 5.41) is 11.8. The van der Waals surface area contributed by atoms with Crippen molar-refractivity contribution in [2.24, 2.45) is 0 Å². The van der Waals surface area contributed by atoms with E-state index in [2.05, 4.69) is 9.68 Å². The van der Waals surface area contributed by atoms with Crippen LogP contribution in [-0.2, 0) is 6.18 Å². The van der Waals surface area contributed by atoms with Crippen molar-refractivity contribution in [3.05, 3.63) is 29.5 Å². The smallest absolute Gasteiger partial charge is 0.416 e. The fourth-order valence-corrected chi connectivity index (χ4v) is 1.27. The topological polar surface area (TPSA) is 63.3 Å². The number of halogens is 3. The SMILES string of the molecule is O=C(O)c1onc2ccc(C(F)(F)F)cc12. The van der Waals surface area contributed by atoms with Gasteiger partial charge in [0.1, 0.15) is 5.52 Å². The Kier molecular flexibility index (Phi) is 2.11. The lowest BCUT2D eigenvalue weighted by atomic mass is 10.1. The summed E-state index contributed by atoms with van der Waals surface area (Å²) in [7, 11) is 0. The quantitative estimate of drug-likeness (QED) is 0.819. The number of benzene rings is 1. The van der Waals surface area contributed by atoms with Gasteiger partial charge in [0.15, 0.2) is 0 Å². The second-order valence-electron chi connectivity index (χ2n) is 3.05. The Balaban J connectivity index is 2.68. The normalized spacial score (nSPS) is 11.9. The maximum atomic E-state index is 12.4. The van der Waals surface area contributed by atoms with Gasteiger partial charge in [0.2, 0.25) is 0 Å². The van der Waals surface area contributed by atoms with Crippen molar-refractivity contribution < 1.29 is 27.6 Å². The van der Waals surface area contributed by atoms with Gasteiger partial charge < -0.3 is 9.63 Å². The Morgan fingerprint density at radius 2 is 2.06 bits per heavy atom. The number of aromatic nitrogens is 1. The number of hydrogen-bond acceptors (Lipinski definition) is 3. The summed E-state index contributed by atoms with van der Waals surface area (Å²) in [6.07, 6.45) is -4.53. The molecule has 84 valence electrons. The van der Waals surface area contributed by atoms with E-state index in [4.69, 9.17) is 5.11 Å². The van der Waals surface area contributed by atoms with Gasteiger partial charge in [0.05, 0.1) is 10.9 Å². The Labute approximate surface area is 86.3 Å². The van der Waals surface area contributed by atoms with Crippen LogP contribution in [0.2, 0.25) is 0 Å². The number of hydrogen-bond donors (Lipinski definition) is 1. The number of aromatic carboxylic acids is 1. The zero-order valence-electron chi connectivity index (χ0n) is 7.58. The number of rotatable bonds is 1. The molecule has 0 spiro atoms. The van der Waals surface area contributed by atoms with Gasteiger partial charge in [0, 0.05) is 0 Å². The fourth-order valence-electron chi connectivity index (χ4n) is 1.27. The molecular formula is C9H4F3NO3. The Hall–Kier alpha value is -2.05. The maximum absolute atomic E-state index is 12.4. The van der Waals surface area contributed by atoms with Crippen molar-refractivity contribution in [3.63, 3.8) is 0 Å². The summed E-state index contributed by atoms with van der Waals surface area (Å²) < 4.78 is 41.5. The van der Waals surface area contributed by atoms with Gasteiger partial charge in [-0.1, -0.05) is 5.16 Å². The van der Waals surface area contributed by atoms with Gasteiger partial charge in [-0.2, -0.15) is 13.2 Å². The van der Waals surface area contributed by atoms with Crippen LogP contribution in [0.25, 0.3) is 10.9 Å². The second-order valence-corrected chi connectivity index (χ2v) is 3.05. The molecule has 0 aliphatic rings. The maximum Gasteiger partial charge on any atom is 0.416 e. The van der Waals surface area contributed by atoms with Crippen molar-refractivity contribution in [1.82, 2.24) is 5.16 Å². The molecule has 7 heteroatoms. The first-order valence-corrected chi connectivity index (χ1v) is 4.09. The van der Waals surface area contributed by atoms with E-state index in [1.807, 2.05) is 0 Å². The summed E-state index contributed by atoms with van der Waals surface area (Å²) in [5.41, 5.74) is -0.865. The highest BCUT2D eigenvalue weighted by Crippen LogP contribution is 2.32. The molecule has 1 N–H and O–H groups in total. The molecule has 1 heterocycles. The average Bonchev–Trinajstić information content (AvgIpc) is 2.58. The van der Waals surface area contributed by atoms with Crippen molar-refractivity contribution in [2.45, 2.75) is 6.18 Å². The first-order chi connectivity index (χ1) is 7.39. The first-order valence-electron chi connectivity index (χ1n) is 4.09. The van der Waals surface area contributed by atoms with Crippen LogP contribution in [0.15, 0.2) is 22.7 Å². The third kappa shape index (κ3) is 1.60. The van der Waals surface area contributed by atoms with Gasteiger partial charge in [0.25, 0.3) is 5.76 Å². The molecule has 1 aromatic carbocycles. The Morgan fingerprint density at radius 1 is 1.38 bits per heavy atom. The number of fused-ring (bicyclic) bond motifs is 1. The average molecular weight is 231 g/mol. The van der Waals surface area contributed by atoms with Crippen LogP contribution in [-0.4, -0.2) is 16.2 Å². The minimum atomic E-state index is -4.53. The molecule has 0 aliphatic heterocycles. The van der Waals surface area contributed by atoms with E-state index in [1.165, 1.54) is 0 Å². The summed E-state index contributed by atoms with van der Waals surface area (Å²) in [6, 6.07) is 2.58. The van der Waals surface area contributed by atoms with E-state index in [1.54, 1.807) is 0 Å². The highest BCUT2D eigenvalue weighted by molar-refractivity contribution is 5.99. The van der Waals surface area contributed by atoms with Crippen LogP contribution in [0.5, 0.6) is 0 Å². The lowest BCUT2D eigenvalue weighted by molar-refractivity contribution is -0.137. The monoisotopic (exact) mass is 231 g/mol. The largest absolute Gasteiger partial charge is 0.475 e. The third-order valence-corrected chi connectivity index (χ3v) is 2.00. The Morgan fingerprint density at radius 3 is 2.62 bits per heavy atom. The van der Waals surface area contributed by atoms with Crippen LogP contribution in [0, 0.1) is 0 Å². The van der Waals surface area contributed by atoms with Gasteiger partial charge in [-0.25, -0.2) is 4.79 Å². The third-order valence-electron chi connectivity index (χ3n) is 2.00. The van der Waals surface area contributed by atoms with Crippen LogP contribution < -0.4 is 0 Å². The lowest BCUT2D eigenvalue weighted by Crippen LogP contribution is -2.04. The highest BCUT2D eigenvalue weighted by atomic mass is 19.4. The highest BCUT2D eigenvalue weighted by Gasteiger charge is 2.31. The minimum absolute atomic E-state index is 0.0744. The molecule has 0 atom stereocenters. The zero-order chi connectivity index (χ0) is 11.9. The second kappa shape index (κ2) is 3.22. The molecule has 16 heavy (non-hydrogen) atoms. The van der Waals surface area contributed by atoms with E-state index >= 15 is 0 Å². The lowest BCUT2D eigenvalue weighted by Gasteiger charge is -2.05. The molecule has 4 nitrogen and oxygen atoms in total. The van der Waals surface area contributed by atoms with Gasteiger partial charge in [-0.15, -0.1) is 0 Å². The molecule has 2 rings (SSSR count). The molecule has 0 saturated heterocycles. The van der Waals surface area contributed by atoms with E-state index < -0.39 is 23.5 Å². The van der Waals surface area contributed by atoms with Crippen molar-refractivity contribution >= 4 is 16.9 Å². The predicted molar refractivity (Wildman–Crippen MR) is 46.0 cm³/mol. The van der Waals surface area contributed by atoms with Crippen molar-refractivity contribution in [2.75, 3.05) is 0 Å². The Bertz CT molecular complexity index is 559. The fraction of sp³-hybridized carbons (Fsp3) is 0.111. The number of carbonyl (C=O) groups is 1. The number of alkyl halides is 3. The van der Waals surface area contributed by atoms with Crippen molar-refractivity contribution in [1.29, 1.82) is 0 Å². The van der Waals surface area contributed by atoms with E-state index in [0.29, 0.717) is 6.07 Å². The molecule has 1 aromatic heterocycles. The first kappa shape index (κ1) is 10.5. The summed E-state index contributed by atoms with van der Waals surface area (Å²) in [4.78, 5) is 10.6. The molecular weight excluding hydrogens is 227 g/mol. The van der Waals surface area contributed by atoms with E-state index in [9.17, 15) is 18.0 Å². The van der Waals surface area contributed by atoms with Crippen LogP contribution >= 0.6 is 0 Å². The number of nitrogens with zero attached hydrogens (tertiary/aromatic N) is 1. The van der Waals surface area contributed by atoms with Crippen LogP contribution in [0.3, 0.4) is 0 Å².